The van der Waals surface area contributed by atoms with Crippen molar-refractivity contribution < 1.29 is 9.53 Å². The molecule has 0 unspecified atom stereocenters. The Bertz CT molecular complexity index is 341. The zero-order valence-electron chi connectivity index (χ0n) is 9.60. The molecule has 5 nitrogen and oxygen atoms in total. The first-order chi connectivity index (χ1) is 7.63. The van der Waals surface area contributed by atoms with Crippen LogP contribution in [0.3, 0.4) is 0 Å². The average molecular weight is 243 g/mol. The summed E-state index contributed by atoms with van der Waals surface area (Å²) in [6, 6.07) is 0. The number of nitrogen functional groups attached to an aromatic ring is 1. The van der Waals surface area contributed by atoms with E-state index < -0.39 is 0 Å². The summed E-state index contributed by atoms with van der Waals surface area (Å²) in [5.74, 6) is 0.0324. The maximum Gasteiger partial charge on any atom is 0.228 e. The minimum absolute atomic E-state index is 0.0324. The molecule has 0 aliphatic carbocycles. The van der Waals surface area contributed by atoms with E-state index >= 15 is 0 Å². The van der Waals surface area contributed by atoms with Crippen molar-refractivity contribution in [2.75, 3.05) is 32.5 Å². The first-order valence-corrected chi connectivity index (χ1v) is 6.03. The lowest BCUT2D eigenvalue weighted by molar-refractivity contribution is -0.129. The Hall–Kier alpha value is -1.14. The lowest BCUT2D eigenvalue weighted by atomic mass is 10.3. The summed E-state index contributed by atoms with van der Waals surface area (Å²) >= 11 is 1.35. The lowest BCUT2D eigenvalue weighted by Gasteiger charge is -2.16. The second kappa shape index (κ2) is 6.44. The molecule has 6 heteroatoms. The van der Waals surface area contributed by atoms with E-state index in [0.29, 0.717) is 31.3 Å². The first kappa shape index (κ1) is 12.9. The van der Waals surface area contributed by atoms with Crippen molar-refractivity contribution in [1.82, 2.24) is 9.88 Å². The number of amides is 1. The van der Waals surface area contributed by atoms with Crippen molar-refractivity contribution in [3.8, 4) is 0 Å². The molecule has 0 spiro atoms. The molecular formula is C10H17N3O2S. The van der Waals surface area contributed by atoms with Gasteiger partial charge in [-0.25, -0.2) is 4.98 Å². The number of carbonyl (C=O) groups is 1. The molecule has 0 fully saturated rings. The van der Waals surface area contributed by atoms with Gasteiger partial charge >= 0.3 is 0 Å². The smallest absolute Gasteiger partial charge is 0.228 e. The Kier molecular flexibility index (Phi) is 5.21. The van der Waals surface area contributed by atoms with Crippen molar-refractivity contribution in [3.05, 3.63) is 11.1 Å². The second-order valence-electron chi connectivity index (χ2n) is 3.37. The predicted molar refractivity (Wildman–Crippen MR) is 64.4 cm³/mol. The standard InChI is InChI=1S/C10H17N3O2S/c1-3-15-5-4-13(2)9(14)6-8-7-16-10(11)12-8/h7H,3-6H2,1-2H3,(H2,11,12). The zero-order valence-corrected chi connectivity index (χ0v) is 10.4. The number of carbonyl (C=O) groups excluding carboxylic acids is 1. The Morgan fingerprint density at radius 2 is 2.44 bits per heavy atom. The third kappa shape index (κ3) is 4.16. The van der Waals surface area contributed by atoms with E-state index in [2.05, 4.69) is 4.98 Å². The minimum Gasteiger partial charge on any atom is -0.380 e. The van der Waals surface area contributed by atoms with Gasteiger partial charge in [0.1, 0.15) is 0 Å². The highest BCUT2D eigenvalue weighted by molar-refractivity contribution is 7.13. The van der Waals surface area contributed by atoms with Crippen LogP contribution in [-0.4, -0.2) is 42.6 Å². The van der Waals surface area contributed by atoms with E-state index in [4.69, 9.17) is 10.5 Å². The van der Waals surface area contributed by atoms with Crippen molar-refractivity contribution in [3.63, 3.8) is 0 Å². The third-order valence-corrected chi connectivity index (χ3v) is 2.83. The van der Waals surface area contributed by atoms with Gasteiger partial charge in [-0.15, -0.1) is 11.3 Å². The highest BCUT2D eigenvalue weighted by Crippen LogP contribution is 2.11. The molecule has 0 bridgehead atoms. The van der Waals surface area contributed by atoms with Gasteiger partial charge in [-0.3, -0.25) is 4.79 Å². The van der Waals surface area contributed by atoms with Crippen LogP contribution in [-0.2, 0) is 16.0 Å². The van der Waals surface area contributed by atoms with E-state index in [1.54, 1.807) is 11.9 Å². The summed E-state index contributed by atoms with van der Waals surface area (Å²) < 4.78 is 5.18. The van der Waals surface area contributed by atoms with Crippen LogP contribution in [0.2, 0.25) is 0 Å². The number of hydrogen-bond donors (Lipinski definition) is 1. The molecule has 0 radical (unpaired) electrons. The molecule has 16 heavy (non-hydrogen) atoms. The normalized spacial score (nSPS) is 10.4. The molecule has 0 atom stereocenters. The van der Waals surface area contributed by atoms with Crippen molar-refractivity contribution in [1.29, 1.82) is 0 Å². The Morgan fingerprint density at radius 3 is 3.00 bits per heavy atom. The maximum absolute atomic E-state index is 11.7. The molecule has 0 saturated heterocycles. The summed E-state index contributed by atoms with van der Waals surface area (Å²) in [7, 11) is 1.76. The Morgan fingerprint density at radius 1 is 1.69 bits per heavy atom. The maximum atomic E-state index is 11.7. The minimum atomic E-state index is 0.0324. The number of ether oxygens (including phenoxy) is 1. The highest BCUT2D eigenvalue weighted by Gasteiger charge is 2.11. The van der Waals surface area contributed by atoms with Gasteiger partial charge in [0.2, 0.25) is 5.91 Å². The highest BCUT2D eigenvalue weighted by atomic mass is 32.1. The monoisotopic (exact) mass is 243 g/mol. The third-order valence-electron chi connectivity index (χ3n) is 2.10. The van der Waals surface area contributed by atoms with E-state index in [0.717, 1.165) is 5.69 Å². The number of nitrogens with zero attached hydrogens (tertiary/aromatic N) is 2. The van der Waals surface area contributed by atoms with Gasteiger partial charge < -0.3 is 15.4 Å². The van der Waals surface area contributed by atoms with Gasteiger partial charge in [0.05, 0.1) is 18.7 Å². The van der Waals surface area contributed by atoms with Crippen LogP contribution in [0.5, 0.6) is 0 Å². The first-order valence-electron chi connectivity index (χ1n) is 5.15. The van der Waals surface area contributed by atoms with Gasteiger partial charge in [0.15, 0.2) is 5.13 Å². The number of aromatic nitrogens is 1. The number of thiazole rings is 1. The van der Waals surface area contributed by atoms with Gasteiger partial charge in [0, 0.05) is 25.6 Å². The fourth-order valence-electron chi connectivity index (χ4n) is 1.16. The fraction of sp³-hybridized carbons (Fsp3) is 0.600. The predicted octanol–water partition coefficient (Wildman–Crippen LogP) is 0.763. The second-order valence-corrected chi connectivity index (χ2v) is 4.26. The number of rotatable bonds is 6. The molecule has 0 aliphatic heterocycles. The molecule has 90 valence electrons. The molecule has 0 aliphatic rings. The van der Waals surface area contributed by atoms with Crippen LogP contribution in [0.4, 0.5) is 5.13 Å². The van der Waals surface area contributed by atoms with Gasteiger partial charge in [-0.2, -0.15) is 0 Å². The molecule has 1 heterocycles. The molecule has 2 N–H and O–H groups in total. The van der Waals surface area contributed by atoms with Crippen molar-refractivity contribution in [2.45, 2.75) is 13.3 Å². The summed E-state index contributed by atoms with van der Waals surface area (Å²) in [5, 5.41) is 2.31. The van der Waals surface area contributed by atoms with Crippen LogP contribution in [0.25, 0.3) is 0 Å². The molecular weight excluding hydrogens is 226 g/mol. The van der Waals surface area contributed by atoms with Crippen molar-refractivity contribution >= 4 is 22.4 Å². The van der Waals surface area contributed by atoms with E-state index in [-0.39, 0.29) is 5.91 Å². The van der Waals surface area contributed by atoms with Gasteiger partial charge in [-0.05, 0) is 6.92 Å². The fourth-order valence-corrected chi connectivity index (χ4v) is 1.73. The Balaban J connectivity index is 2.34. The topological polar surface area (TPSA) is 68.5 Å². The summed E-state index contributed by atoms with van der Waals surface area (Å²) in [4.78, 5) is 17.4. The van der Waals surface area contributed by atoms with Crippen LogP contribution < -0.4 is 5.73 Å². The quantitative estimate of drug-likeness (QED) is 0.749. The summed E-state index contributed by atoms with van der Waals surface area (Å²) in [6.07, 6.45) is 0.302. The molecule has 1 aromatic rings. The Labute approximate surface area is 99.2 Å². The van der Waals surface area contributed by atoms with E-state index in [9.17, 15) is 4.79 Å². The van der Waals surface area contributed by atoms with Gasteiger partial charge in [0.25, 0.3) is 0 Å². The average Bonchev–Trinajstić information content (AvgIpc) is 2.64. The number of likely N-dealkylation sites (N-methyl/N-ethyl adjacent to an activating group) is 1. The van der Waals surface area contributed by atoms with E-state index in [1.165, 1.54) is 11.3 Å². The van der Waals surface area contributed by atoms with Crippen LogP contribution in [0.15, 0.2) is 5.38 Å². The molecule has 1 rings (SSSR count). The number of hydrogen-bond acceptors (Lipinski definition) is 5. The lowest BCUT2D eigenvalue weighted by Crippen LogP contribution is -2.31. The zero-order chi connectivity index (χ0) is 12.0. The molecule has 0 saturated carbocycles. The van der Waals surface area contributed by atoms with Gasteiger partial charge in [-0.1, -0.05) is 0 Å². The van der Waals surface area contributed by atoms with Crippen LogP contribution >= 0.6 is 11.3 Å². The SMILES string of the molecule is CCOCCN(C)C(=O)Cc1csc(N)n1. The summed E-state index contributed by atoms with van der Waals surface area (Å²) in [6.45, 7) is 3.77. The number of anilines is 1. The van der Waals surface area contributed by atoms with E-state index in [1.807, 2.05) is 12.3 Å². The van der Waals surface area contributed by atoms with Crippen LogP contribution in [0.1, 0.15) is 12.6 Å². The van der Waals surface area contributed by atoms with Crippen LogP contribution in [0, 0.1) is 0 Å². The molecule has 1 amide bonds. The molecule has 1 aromatic heterocycles. The largest absolute Gasteiger partial charge is 0.380 e. The number of nitrogens with two attached hydrogens (primary N) is 1. The summed E-state index contributed by atoms with van der Waals surface area (Å²) in [5.41, 5.74) is 6.22. The molecule has 0 aromatic carbocycles. The van der Waals surface area contributed by atoms with Crippen molar-refractivity contribution in [2.24, 2.45) is 0 Å².